The lowest BCUT2D eigenvalue weighted by Crippen LogP contribution is -2.49. The van der Waals surface area contributed by atoms with E-state index in [1.54, 1.807) is 11.0 Å². The standard InChI is InChI=1S/C26H22F3N3O6S/c27-26(28,29)19-5-2-6-20(11-19)39(37,38)30-21-7-8-22-18-9-15(13-32(22)24(21)34)12-31(14-18)23(33)16-3-1-4-17(10-16)25(35)36/h1-8,10-11,15,18,30H,9,12-14H2,(H,35,36)/p-1/t15-,18+/m0/s1. The van der Waals surface area contributed by atoms with Crippen molar-refractivity contribution >= 4 is 27.6 Å². The number of piperidine rings is 1. The Morgan fingerprint density at radius 1 is 0.949 bits per heavy atom. The quantitative estimate of drug-likeness (QED) is 0.510. The number of alkyl halides is 3. The van der Waals surface area contributed by atoms with Gasteiger partial charge in [-0.2, -0.15) is 13.2 Å². The van der Waals surface area contributed by atoms with Gasteiger partial charge >= 0.3 is 6.18 Å². The van der Waals surface area contributed by atoms with Crippen molar-refractivity contribution in [2.75, 3.05) is 17.8 Å². The third kappa shape index (κ3) is 5.13. The summed E-state index contributed by atoms with van der Waals surface area (Å²) in [6.07, 6.45) is -4.04. The summed E-state index contributed by atoms with van der Waals surface area (Å²) in [6, 6.07) is 11.6. The van der Waals surface area contributed by atoms with Crippen molar-refractivity contribution in [2.24, 2.45) is 5.92 Å². The van der Waals surface area contributed by atoms with Gasteiger partial charge in [-0.25, -0.2) is 8.42 Å². The van der Waals surface area contributed by atoms with Gasteiger partial charge in [-0.05, 0) is 60.4 Å². The van der Waals surface area contributed by atoms with Crippen LogP contribution >= 0.6 is 0 Å². The number of nitrogens with one attached hydrogen (secondary N) is 1. The van der Waals surface area contributed by atoms with Crippen LogP contribution in [-0.2, 0) is 22.7 Å². The molecule has 3 aromatic rings. The maximum Gasteiger partial charge on any atom is 0.416 e. The number of carbonyl (C=O) groups excluding carboxylic acids is 2. The van der Waals surface area contributed by atoms with Gasteiger partial charge in [0.15, 0.2) is 0 Å². The van der Waals surface area contributed by atoms with Crippen molar-refractivity contribution < 1.29 is 36.3 Å². The molecule has 9 nitrogen and oxygen atoms in total. The van der Waals surface area contributed by atoms with E-state index in [2.05, 4.69) is 4.72 Å². The highest BCUT2D eigenvalue weighted by molar-refractivity contribution is 7.92. The number of likely N-dealkylation sites (tertiary alicyclic amines) is 1. The Morgan fingerprint density at radius 3 is 2.38 bits per heavy atom. The van der Waals surface area contributed by atoms with Crippen LogP contribution in [0.15, 0.2) is 70.4 Å². The van der Waals surface area contributed by atoms with Crippen molar-refractivity contribution in [3.63, 3.8) is 0 Å². The number of nitrogens with zero attached hydrogens (tertiary/aromatic N) is 2. The smallest absolute Gasteiger partial charge is 0.416 e. The molecule has 0 aliphatic carbocycles. The van der Waals surface area contributed by atoms with E-state index in [0.717, 1.165) is 18.2 Å². The van der Waals surface area contributed by atoms with Gasteiger partial charge in [0.25, 0.3) is 21.5 Å². The second-order valence-electron chi connectivity index (χ2n) is 9.60. The second kappa shape index (κ2) is 9.56. The van der Waals surface area contributed by atoms with Crippen LogP contribution in [0.3, 0.4) is 0 Å². The monoisotopic (exact) mass is 560 g/mol. The summed E-state index contributed by atoms with van der Waals surface area (Å²) in [4.78, 5) is 38.5. The molecule has 5 rings (SSSR count). The fourth-order valence-corrected chi connectivity index (χ4v) is 6.30. The summed E-state index contributed by atoms with van der Waals surface area (Å²) in [6.45, 7) is 0.767. The number of benzene rings is 2. The lowest BCUT2D eigenvalue weighted by molar-refractivity contribution is -0.255. The van der Waals surface area contributed by atoms with Crippen LogP contribution in [0.25, 0.3) is 0 Å². The summed E-state index contributed by atoms with van der Waals surface area (Å²) in [5, 5.41) is 11.2. The molecule has 1 fully saturated rings. The molecule has 3 heterocycles. The summed E-state index contributed by atoms with van der Waals surface area (Å²) in [7, 11) is -4.49. The van der Waals surface area contributed by atoms with Crippen LogP contribution in [-0.4, -0.2) is 42.9 Å². The number of hydrogen-bond donors (Lipinski definition) is 1. The first-order valence-corrected chi connectivity index (χ1v) is 13.4. The number of rotatable bonds is 5. The predicted molar refractivity (Wildman–Crippen MR) is 130 cm³/mol. The topological polar surface area (TPSA) is 129 Å². The minimum atomic E-state index is -4.74. The summed E-state index contributed by atoms with van der Waals surface area (Å²) < 4.78 is 68.3. The number of fused-ring (bicyclic) bond motifs is 4. The van der Waals surface area contributed by atoms with Crippen molar-refractivity contribution in [3.05, 3.63) is 93.4 Å². The Morgan fingerprint density at radius 2 is 1.67 bits per heavy atom. The maximum atomic E-state index is 13.2. The first-order chi connectivity index (χ1) is 18.3. The van der Waals surface area contributed by atoms with Gasteiger partial charge in [0.2, 0.25) is 0 Å². The molecule has 1 saturated heterocycles. The van der Waals surface area contributed by atoms with Crippen LogP contribution < -0.4 is 15.4 Å². The fraction of sp³-hybridized carbons (Fsp3) is 0.269. The molecule has 204 valence electrons. The molecule has 1 amide bonds. The molecule has 1 N–H and O–H groups in total. The van der Waals surface area contributed by atoms with E-state index in [0.29, 0.717) is 24.7 Å². The van der Waals surface area contributed by atoms with E-state index < -0.39 is 38.2 Å². The van der Waals surface area contributed by atoms with Crippen molar-refractivity contribution in [2.45, 2.75) is 30.0 Å². The van der Waals surface area contributed by atoms with Gasteiger partial charge in [-0.3, -0.25) is 14.3 Å². The Bertz CT molecular complexity index is 1650. The molecule has 13 heteroatoms. The van der Waals surface area contributed by atoms with Gasteiger partial charge in [0, 0.05) is 36.8 Å². The van der Waals surface area contributed by atoms with E-state index in [1.807, 2.05) is 0 Å². The molecular formula is C26H21F3N3O6S-. The first kappa shape index (κ1) is 26.5. The SMILES string of the molecule is O=C([O-])c1cccc(C(=O)N2C[C@@H]3C[C@H](C2)c2ccc(NS(=O)(=O)c4cccc(C(F)(F)F)c4)c(=O)n2C3)c1. The molecule has 2 atom stereocenters. The molecule has 2 aliphatic rings. The third-order valence-corrected chi connectivity index (χ3v) is 8.32. The minimum absolute atomic E-state index is 0.116. The third-order valence-electron chi connectivity index (χ3n) is 6.95. The highest BCUT2D eigenvalue weighted by Gasteiger charge is 2.37. The lowest BCUT2D eigenvalue weighted by atomic mass is 9.83. The molecule has 0 radical (unpaired) electrons. The number of anilines is 1. The Hall–Kier alpha value is -4.13. The highest BCUT2D eigenvalue weighted by atomic mass is 32.2. The normalized spacial score (nSPS) is 18.8. The number of amides is 1. The Kier molecular flexibility index (Phi) is 6.49. The van der Waals surface area contributed by atoms with Crippen molar-refractivity contribution in [1.29, 1.82) is 0 Å². The number of aromatic nitrogens is 1. The zero-order chi connectivity index (χ0) is 28.1. The summed E-state index contributed by atoms with van der Waals surface area (Å²) in [5.74, 6) is -2.10. The zero-order valence-electron chi connectivity index (χ0n) is 20.1. The molecule has 2 bridgehead atoms. The van der Waals surface area contributed by atoms with Crippen LogP contribution in [0.4, 0.5) is 18.9 Å². The van der Waals surface area contributed by atoms with Gasteiger partial charge < -0.3 is 19.4 Å². The van der Waals surface area contributed by atoms with Crippen LogP contribution in [0.1, 0.15) is 44.3 Å². The van der Waals surface area contributed by atoms with E-state index in [-0.39, 0.29) is 47.6 Å². The van der Waals surface area contributed by atoms with E-state index >= 15 is 0 Å². The number of carboxylic acids is 1. The summed E-state index contributed by atoms with van der Waals surface area (Å²) >= 11 is 0. The molecule has 39 heavy (non-hydrogen) atoms. The molecular weight excluding hydrogens is 539 g/mol. The fourth-order valence-electron chi connectivity index (χ4n) is 5.19. The number of aromatic carboxylic acids is 1. The number of halogens is 3. The molecule has 0 spiro atoms. The number of pyridine rings is 1. The average molecular weight is 561 g/mol. The minimum Gasteiger partial charge on any atom is -0.545 e. The number of carbonyl (C=O) groups is 2. The van der Waals surface area contributed by atoms with Crippen LogP contribution in [0.2, 0.25) is 0 Å². The summed E-state index contributed by atoms with van der Waals surface area (Å²) in [5.41, 5.74) is -1.39. The van der Waals surface area contributed by atoms with Crippen molar-refractivity contribution in [3.8, 4) is 0 Å². The number of hydrogen-bond acceptors (Lipinski definition) is 6. The number of sulfonamides is 1. The molecule has 0 unspecified atom stereocenters. The molecule has 2 aliphatic heterocycles. The van der Waals surface area contributed by atoms with E-state index in [1.165, 1.54) is 34.9 Å². The Labute approximate surface area is 220 Å². The average Bonchev–Trinajstić information content (AvgIpc) is 2.89. The predicted octanol–water partition coefficient (Wildman–Crippen LogP) is 2.29. The molecule has 2 aromatic carbocycles. The second-order valence-corrected chi connectivity index (χ2v) is 11.3. The number of carboxylic acid groups (broad SMARTS) is 1. The van der Waals surface area contributed by atoms with Gasteiger partial charge in [-0.1, -0.05) is 18.2 Å². The van der Waals surface area contributed by atoms with E-state index in [4.69, 9.17) is 0 Å². The van der Waals surface area contributed by atoms with E-state index in [9.17, 15) is 41.1 Å². The Balaban J connectivity index is 1.39. The first-order valence-electron chi connectivity index (χ1n) is 11.9. The van der Waals surface area contributed by atoms with Crippen LogP contribution in [0, 0.1) is 5.92 Å². The largest absolute Gasteiger partial charge is 0.545 e. The molecule has 0 saturated carbocycles. The lowest BCUT2D eigenvalue weighted by Gasteiger charge is -2.43. The van der Waals surface area contributed by atoms with Crippen LogP contribution in [0.5, 0.6) is 0 Å². The van der Waals surface area contributed by atoms with Gasteiger partial charge in [-0.15, -0.1) is 0 Å². The highest BCUT2D eigenvalue weighted by Crippen LogP contribution is 2.36. The van der Waals surface area contributed by atoms with Gasteiger partial charge in [0.05, 0.1) is 16.4 Å². The van der Waals surface area contributed by atoms with Gasteiger partial charge in [0.1, 0.15) is 5.69 Å². The molecule has 1 aromatic heterocycles. The maximum absolute atomic E-state index is 13.2. The van der Waals surface area contributed by atoms with Crippen molar-refractivity contribution in [1.82, 2.24) is 9.47 Å². The zero-order valence-corrected chi connectivity index (χ0v) is 21.0.